The highest BCUT2D eigenvalue weighted by molar-refractivity contribution is 9.25. The molecule has 1 heterocycles. The summed E-state index contributed by atoms with van der Waals surface area (Å²) in [5.74, 6) is 0.650. The van der Waals surface area contributed by atoms with Gasteiger partial charge >= 0.3 is 0 Å². The number of rotatable bonds is 1. The van der Waals surface area contributed by atoms with E-state index in [0.717, 1.165) is 26.3 Å². The van der Waals surface area contributed by atoms with Crippen LogP contribution in [0.5, 0.6) is 0 Å². The lowest BCUT2D eigenvalue weighted by molar-refractivity contribution is 0.00381. The number of ether oxygens (including phenoxy) is 1. The highest BCUT2D eigenvalue weighted by Gasteiger charge is 2.78. The monoisotopic (exact) mass is 399 g/mol. The average molecular weight is 401 g/mol. The molecule has 0 N–H and O–H groups in total. The first kappa shape index (κ1) is 13.7. The molecule has 0 bridgehead atoms. The van der Waals surface area contributed by atoms with Gasteiger partial charge in [0, 0.05) is 19.0 Å². The third-order valence-electron chi connectivity index (χ3n) is 5.24. The van der Waals surface area contributed by atoms with Gasteiger partial charge in [0.25, 0.3) is 0 Å². The van der Waals surface area contributed by atoms with Crippen molar-refractivity contribution in [3.8, 4) is 0 Å². The Morgan fingerprint density at radius 2 is 1.90 bits per heavy atom. The third-order valence-corrected chi connectivity index (χ3v) is 7.56. The maximum Gasteiger partial charge on any atom is 0.108 e. The first-order chi connectivity index (χ1) is 9.69. The summed E-state index contributed by atoms with van der Waals surface area (Å²) >= 11 is 8.02. The number of fused-ring (bicyclic) bond motifs is 3. The Labute approximate surface area is 137 Å². The van der Waals surface area contributed by atoms with Crippen LogP contribution in [0.25, 0.3) is 0 Å². The number of hydrogen-bond donors (Lipinski definition) is 0. The molecule has 2 fully saturated rings. The molecule has 4 rings (SSSR count). The van der Waals surface area contributed by atoms with E-state index in [0.29, 0.717) is 5.92 Å². The molecule has 3 aliphatic rings. The van der Waals surface area contributed by atoms with Gasteiger partial charge in [0.15, 0.2) is 0 Å². The molecule has 0 amide bonds. The zero-order valence-electron chi connectivity index (χ0n) is 11.4. The van der Waals surface area contributed by atoms with Gasteiger partial charge in [-0.05, 0) is 30.4 Å². The van der Waals surface area contributed by atoms with E-state index in [9.17, 15) is 0 Å². The molecule has 2 nitrogen and oxygen atoms in total. The molecule has 2 aliphatic carbocycles. The van der Waals surface area contributed by atoms with E-state index < -0.39 is 0 Å². The van der Waals surface area contributed by atoms with Crippen LogP contribution in [0, 0.1) is 5.92 Å². The number of aryl methyl sites for hydroxylation is 1. The van der Waals surface area contributed by atoms with E-state index in [2.05, 4.69) is 61.0 Å². The SMILES string of the molecule is BrC1(Br)C2CCCc3ccccc3C21N1CCOCC1. The van der Waals surface area contributed by atoms with Crippen molar-refractivity contribution in [2.75, 3.05) is 26.3 Å². The second kappa shape index (κ2) is 4.80. The van der Waals surface area contributed by atoms with E-state index in [1.807, 2.05) is 0 Å². The predicted octanol–water partition coefficient (Wildman–Crippen LogP) is 3.67. The highest BCUT2D eigenvalue weighted by atomic mass is 79.9. The van der Waals surface area contributed by atoms with Crippen LogP contribution in [-0.4, -0.2) is 34.4 Å². The van der Waals surface area contributed by atoms with Crippen molar-refractivity contribution >= 4 is 31.9 Å². The van der Waals surface area contributed by atoms with Crippen molar-refractivity contribution in [3.63, 3.8) is 0 Å². The van der Waals surface area contributed by atoms with Crippen molar-refractivity contribution < 1.29 is 4.74 Å². The highest BCUT2D eigenvalue weighted by Crippen LogP contribution is 2.75. The molecular formula is C16H19Br2NO. The lowest BCUT2D eigenvalue weighted by Crippen LogP contribution is -2.47. The van der Waals surface area contributed by atoms with Crippen LogP contribution < -0.4 is 0 Å². The number of morpholine rings is 1. The van der Waals surface area contributed by atoms with Crippen LogP contribution in [0.2, 0.25) is 0 Å². The fraction of sp³-hybridized carbons (Fsp3) is 0.625. The Morgan fingerprint density at radius 3 is 2.70 bits per heavy atom. The number of halogens is 2. The third kappa shape index (κ3) is 1.68. The molecule has 1 saturated heterocycles. The molecule has 20 heavy (non-hydrogen) atoms. The van der Waals surface area contributed by atoms with Crippen molar-refractivity contribution in [1.82, 2.24) is 4.90 Å². The van der Waals surface area contributed by atoms with Crippen molar-refractivity contribution in [2.45, 2.75) is 28.0 Å². The van der Waals surface area contributed by atoms with Gasteiger partial charge < -0.3 is 4.74 Å². The van der Waals surface area contributed by atoms with Crippen molar-refractivity contribution in [2.24, 2.45) is 5.92 Å². The standard InChI is InChI=1S/C16H19Br2NO/c17-16(18)14-7-3-5-12-4-1-2-6-13(12)15(14,16)19-8-10-20-11-9-19/h1-2,4,6,14H,3,5,7-11H2. The normalized spacial score (nSPS) is 35.8. The van der Waals surface area contributed by atoms with Gasteiger partial charge in [0.1, 0.15) is 3.23 Å². The van der Waals surface area contributed by atoms with Crippen molar-refractivity contribution in [3.05, 3.63) is 35.4 Å². The number of hydrogen-bond acceptors (Lipinski definition) is 2. The Balaban J connectivity index is 1.85. The van der Waals surface area contributed by atoms with E-state index >= 15 is 0 Å². The van der Waals surface area contributed by atoms with E-state index in [-0.39, 0.29) is 8.77 Å². The van der Waals surface area contributed by atoms with Gasteiger partial charge in [-0.1, -0.05) is 56.1 Å². The summed E-state index contributed by atoms with van der Waals surface area (Å²) in [6, 6.07) is 9.03. The Hall–Kier alpha value is 0.1000. The van der Waals surface area contributed by atoms with Gasteiger partial charge in [0.05, 0.1) is 18.8 Å². The van der Waals surface area contributed by atoms with Crippen LogP contribution in [0.15, 0.2) is 24.3 Å². The van der Waals surface area contributed by atoms with Gasteiger partial charge in [0.2, 0.25) is 0 Å². The van der Waals surface area contributed by atoms with Crippen LogP contribution in [-0.2, 0) is 16.7 Å². The van der Waals surface area contributed by atoms with E-state index in [4.69, 9.17) is 4.74 Å². The Bertz CT molecular complexity index is 527. The molecule has 1 aromatic rings. The van der Waals surface area contributed by atoms with Gasteiger partial charge in [-0.3, -0.25) is 4.90 Å². The number of alkyl halides is 2. The van der Waals surface area contributed by atoms with Crippen LogP contribution in [0.1, 0.15) is 24.0 Å². The van der Waals surface area contributed by atoms with E-state index in [1.54, 1.807) is 0 Å². The summed E-state index contributed by atoms with van der Waals surface area (Å²) in [5, 5.41) is 0. The fourth-order valence-corrected chi connectivity index (χ4v) is 6.71. The molecule has 1 saturated carbocycles. The minimum absolute atomic E-state index is 0.0286. The molecule has 1 aliphatic heterocycles. The number of nitrogens with zero attached hydrogens (tertiary/aromatic N) is 1. The van der Waals surface area contributed by atoms with Gasteiger partial charge in [-0.2, -0.15) is 0 Å². The first-order valence-corrected chi connectivity index (χ1v) is 9.06. The fourth-order valence-electron chi connectivity index (χ4n) is 4.34. The summed E-state index contributed by atoms with van der Waals surface area (Å²) in [6.45, 7) is 3.77. The summed E-state index contributed by atoms with van der Waals surface area (Å²) < 4.78 is 5.60. The predicted molar refractivity (Wildman–Crippen MR) is 87.5 cm³/mol. The first-order valence-electron chi connectivity index (χ1n) is 7.48. The van der Waals surface area contributed by atoms with Crippen LogP contribution in [0.4, 0.5) is 0 Å². The number of benzene rings is 1. The maximum absolute atomic E-state index is 5.57. The second-order valence-electron chi connectivity index (χ2n) is 6.09. The molecule has 0 aromatic heterocycles. The lowest BCUT2D eigenvalue weighted by atomic mass is 9.95. The summed E-state index contributed by atoms with van der Waals surface area (Å²) in [7, 11) is 0. The molecule has 0 spiro atoms. The zero-order chi connectivity index (χ0) is 13.8. The van der Waals surface area contributed by atoms with Crippen LogP contribution >= 0.6 is 31.9 Å². The minimum atomic E-state index is 0.0286. The smallest absolute Gasteiger partial charge is 0.108 e. The summed E-state index contributed by atoms with van der Waals surface area (Å²) in [5.41, 5.74) is 3.17. The molecule has 0 radical (unpaired) electrons. The summed E-state index contributed by atoms with van der Waals surface area (Å²) in [4.78, 5) is 2.65. The zero-order valence-corrected chi connectivity index (χ0v) is 14.6. The molecule has 1 aromatic carbocycles. The molecule has 4 heteroatoms. The van der Waals surface area contributed by atoms with Gasteiger partial charge in [-0.25, -0.2) is 0 Å². The Morgan fingerprint density at radius 1 is 1.15 bits per heavy atom. The largest absolute Gasteiger partial charge is 0.379 e. The molecule has 108 valence electrons. The van der Waals surface area contributed by atoms with E-state index in [1.165, 1.54) is 30.4 Å². The topological polar surface area (TPSA) is 12.5 Å². The second-order valence-corrected chi connectivity index (χ2v) is 9.66. The lowest BCUT2D eigenvalue weighted by Gasteiger charge is -2.38. The van der Waals surface area contributed by atoms with Crippen LogP contribution in [0.3, 0.4) is 0 Å². The van der Waals surface area contributed by atoms with Gasteiger partial charge in [-0.15, -0.1) is 0 Å². The quantitative estimate of drug-likeness (QED) is 0.667. The maximum atomic E-state index is 5.57. The summed E-state index contributed by atoms with van der Waals surface area (Å²) in [6.07, 6.45) is 3.78. The molecule has 2 unspecified atom stereocenters. The van der Waals surface area contributed by atoms with Crippen molar-refractivity contribution in [1.29, 1.82) is 0 Å². The molecular weight excluding hydrogens is 382 g/mol. The minimum Gasteiger partial charge on any atom is -0.379 e. The Kier molecular flexibility index (Phi) is 3.30. The molecule has 2 atom stereocenters. The average Bonchev–Trinajstić information content (AvgIpc) is 3.04.